The number of hydrogen-bond donors (Lipinski definition) is 0. The Morgan fingerprint density at radius 2 is 1.75 bits per heavy atom. The summed E-state index contributed by atoms with van der Waals surface area (Å²) in [7, 11) is 1.53. The summed E-state index contributed by atoms with van der Waals surface area (Å²) in [6, 6.07) is 17.3. The van der Waals surface area contributed by atoms with E-state index in [-0.39, 0.29) is 18.4 Å². The molecular weight excluding hydrogens is 489 g/mol. The zero-order chi connectivity index (χ0) is 25.7. The van der Waals surface area contributed by atoms with Gasteiger partial charge in [0.1, 0.15) is 5.75 Å². The van der Waals surface area contributed by atoms with Crippen molar-refractivity contribution in [3.8, 4) is 5.75 Å². The minimum absolute atomic E-state index is 0.0746. The van der Waals surface area contributed by atoms with Crippen molar-refractivity contribution in [1.82, 2.24) is 4.90 Å². The molecule has 0 aromatic heterocycles. The largest absolute Gasteiger partial charge is 0.497 e. The molecule has 36 heavy (non-hydrogen) atoms. The Labute approximate surface area is 210 Å². The van der Waals surface area contributed by atoms with Crippen LogP contribution in [0, 0.1) is 6.92 Å². The molecule has 2 aliphatic rings. The molecule has 0 radical (unpaired) electrons. The van der Waals surface area contributed by atoms with E-state index in [0.717, 1.165) is 17.7 Å². The number of aryl methyl sites for hydroxylation is 1. The SMILES string of the molecule is COc1ccc2c(c1)[C@]1(SCCN1C(=O)c1ccc(C)cc1)C(=O)N2Cc1ccc(C(F)(F)F)cc1. The van der Waals surface area contributed by atoms with Crippen LogP contribution in [0.5, 0.6) is 5.75 Å². The lowest BCUT2D eigenvalue weighted by molar-refractivity contribution is -0.137. The average molecular weight is 513 g/mol. The summed E-state index contributed by atoms with van der Waals surface area (Å²) in [5, 5.41) is 0. The van der Waals surface area contributed by atoms with Gasteiger partial charge in [-0.05, 0) is 55.0 Å². The van der Waals surface area contributed by atoms with E-state index in [0.29, 0.717) is 40.4 Å². The normalized spacial score (nSPS) is 19.2. The van der Waals surface area contributed by atoms with E-state index in [4.69, 9.17) is 4.74 Å². The van der Waals surface area contributed by atoms with Crippen molar-refractivity contribution in [2.75, 3.05) is 24.3 Å². The Balaban J connectivity index is 1.55. The summed E-state index contributed by atoms with van der Waals surface area (Å²) < 4.78 is 44.5. The number of hydrogen-bond acceptors (Lipinski definition) is 4. The van der Waals surface area contributed by atoms with Gasteiger partial charge in [0.25, 0.3) is 11.8 Å². The van der Waals surface area contributed by atoms with Crippen molar-refractivity contribution in [1.29, 1.82) is 0 Å². The van der Waals surface area contributed by atoms with Gasteiger partial charge in [-0.25, -0.2) is 0 Å². The van der Waals surface area contributed by atoms with Crippen LogP contribution in [0.4, 0.5) is 18.9 Å². The number of benzene rings is 3. The van der Waals surface area contributed by atoms with Gasteiger partial charge in [-0.15, -0.1) is 11.8 Å². The lowest BCUT2D eigenvalue weighted by atomic mass is 10.0. The van der Waals surface area contributed by atoms with Crippen LogP contribution >= 0.6 is 11.8 Å². The maximum absolute atomic E-state index is 14.1. The highest BCUT2D eigenvalue weighted by molar-refractivity contribution is 8.01. The highest BCUT2D eigenvalue weighted by Gasteiger charge is 2.59. The molecule has 1 saturated heterocycles. The minimum atomic E-state index is -4.44. The first kappa shape index (κ1) is 24.2. The van der Waals surface area contributed by atoms with Crippen molar-refractivity contribution in [3.05, 3.63) is 94.5 Å². The fraction of sp³-hybridized carbons (Fsp3) is 0.259. The Morgan fingerprint density at radius 3 is 2.39 bits per heavy atom. The highest BCUT2D eigenvalue weighted by atomic mass is 32.2. The molecule has 0 bridgehead atoms. The molecule has 5 nitrogen and oxygen atoms in total. The fourth-order valence-corrected chi connectivity index (χ4v) is 6.16. The van der Waals surface area contributed by atoms with Crippen molar-refractivity contribution >= 4 is 29.3 Å². The van der Waals surface area contributed by atoms with Crippen LogP contribution in [-0.2, 0) is 22.4 Å². The number of ether oxygens (including phenoxy) is 1. The van der Waals surface area contributed by atoms with Crippen LogP contribution in [-0.4, -0.2) is 36.1 Å². The van der Waals surface area contributed by atoms with E-state index in [1.165, 1.54) is 31.0 Å². The van der Waals surface area contributed by atoms with Gasteiger partial charge in [0, 0.05) is 23.4 Å². The second kappa shape index (κ2) is 8.89. The predicted molar refractivity (Wildman–Crippen MR) is 132 cm³/mol. The summed E-state index contributed by atoms with van der Waals surface area (Å²) >= 11 is 1.39. The molecule has 186 valence electrons. The molecule has 5 rings (SSSR count). The second-order valence-corrected chi connectivity index (χ2v) is 10.1. The maximum atomic E-state index is 14.1. The fourth-order valence-electron chi connectivity index (χ4n) is 4.71. The molecule has 1 spiro atoms. The molecule has 3 aromatic rings. The van der Waals surface area contributed by atoms with Crippen molar-refractivity contribution in [2.24, 2.45) is 0 Å². The molecule has 2 heterocycles. The molecule has 0 unspecified atom stereocenters. The molecule has 0 saturated carbocycles. The van der Waals surface area contributed by atoms with E-state index >= 15 is 0 Å². The summed E-state index contributed by atoms with van der Waals surface area (Å²) in [5.41, 5.74) is 2.56. The number of methoxy groups -OCH3 is 1. The quantitative estimate of drug-likeness (QED) is 0.456. The van der Waals surface area contributed by atoms with E-state index in [9.17, 15) is 22.8 Å². The number of anilines is 1. The second-order valence-electron chi connectivity index (χ2n) is 8.78. The number of nitrogens with zero attached hydrogens (tertiary/aromatic N) is 2. The standard InChI is InChI=1S/C27H23F3N2O3S/c1-17-3-7-19(8-4-17)24(33)32-13-14-36-26(32)22-15-21(35-2)11-12-23(22)31(25(26)34)16-18-5-9-20(10-6-18)27(28,29)30/h3-12,15H,13-14,16H2,1-2H3/t26-/m0/s1. The average Bonchev–Trinajstić information content (AvgIpc) is 3.40. The summed E-state index contributed by atoms with van der Waals surface area (Å²) in [5.74, 6) is 0.563. The highest BCUT2D eigenvalue weighted by Crippen LogP contribution is 2.55. The van der Waals surface area contributed by atoms with Crippen molar-refractivity contribution < 1.29 is 27.5 Å². The number of amides is 2. The number of fused-ring (bicyclic) bond motifs is 2. The third-order valence-electron chi connectivity index (χ3n) is 6.57. The number of alkyl halides is 3. The van der Waals surface area contributed by atoms with Gasteiger partial charge in [0.05, 0.1) is 24.9 Å². The van der Waals surface area contributed by atoms with Crippen molar-refractivity contribution in [2.45, 2.75) is 24.5 Å². The van der Waals surface area contributed by atoms with E-state index < -0.39 is 16.6 Å². The van der Waals surface area contributed by atoms with Gasteiger partial charge in [-0.3, -0.25) is 9.59 Å². The zero-order valence-electron chi connectivity index (χ0n) is 19.6. The Bertz CT molecular complexity index is 1330. The van der Waals surface area contributed by atoms with Gasteiger partial charge in [-0.1, -0.05) is 29.8 Å². The number of rotatable bonds is 4. The van der Waals surface area contributed by atoms with Crippen molar-refractivity contribution in [3.63, 3.8) is 0 Å². The smallest absolute Gasteiger partial charge is 0.416 e. The molecule has 2 aliphatic heterocycles. The van der Waals surface area contributed by atoms with Gasteiger partial charge < -0.3 is 14.5 Å². The third-order valence-corrected chi connectivity index (χ3v) is 7.99. The molecule has 1 atom stereocenters. The first-order valence-electron chi connectivity index (χ1n) is 11.3. The predicted octanol–water partition coefficient (Wildman–Crippen LogP) is 5.61. The number of carbonyl (C=O) groups excluding carboxylic acids is 2. The summed E-state index contributed by atoms with van der Waals surface area (Å²) in [4.78, 5) is 29.6. The number of thioether (sulfide) groups is 1. The number of halogens is 3. The molecule has 0 N–H and O–H groups in total. The topological polar surface area (TPSA) is 49.9 Å². The van der Waals surface area contributed by atoms with Crippen LogP contribution < -0.4 is 9.64 Å². The van der Waals surface area contributed by atoms with Gasteiger partial charge in [0.15, 0.2) is 4.87 Å². The monoisotopic (exact) mass is 512 g/mol. The molecule has 0 aliphatic carbocycles. The van der Waals surface area contributed by atoms with Gasteiger partial charge in [-0.2, -0.15) is 13.2 Å². The Morgan fingerprint density at radius 1 is 1.06 bits per heavy atom. The molecule has 1 fully saturated rings. The van der Waals surface area contributed by atoms with E-state index in [1.807, 2.05) is 19.1 Å². The molecular formula is C27H23F3N2O3S. The zero-order valence-corrected chi connectivity index (χ0v) is 20.4. The summed E-state index contributed by atoms with van der Waals surface area (Å²) in [6.07, 6.45) is -4.44. The van der Waals surface area contributed by atoms with Gasteiger partial charge >= 0.3 is 6.18 Å². The minimum Gasteiger partial charge on any atom is -0.497 e. The number of carbonyl (C=O) groups is 2. The van der Waals surface area contributed by atoms with Crippen LogP contribution in [0.25, 0.3) is 0 Å². The first-order valence-corrected chi connectivity index (χ1v) is 12.3. The lowest BCUT2D eigenvalue weighted by Gasteiger charge is -2.33. The summed E-state index contributed by atoms with van der Waals surface area (Å²) in [6.45, 7) is 2.39. The van der Waals surface area contributed by atoms with Crippen LogP contribution in [0.3, 0.4) is 0 Å². The molecule has 9 heteroatoms. The van der Waals surface area contributed by atoms with Gasteiger partial charge in [0.2, 0.25) is 0 Å². The van der Waals surface area contributed by atoms with E-state index in [1.54, 1.807) is 40.1 Å². The Hall–Kier alpha value is -3.46. The molecule has 3 aromatic carbocycles. The Kier molecular flexibility index (Phi) is 5.98. The van der Waals surface area contributed by atoms with Crippen LogP contribution in [0.15, 0.2) is 66.7 Å². The third kappa shape index (κ3) is 3.91. The molecule has 2 amide bonds. The first-order chi connectivity index (χ1) is 17.1. The maximum Gasteiger partial charge on any atom is 0.416 e. The van der Waals surface area contributed by atoms with E-state index in [2.05, 4.69) is 0 Å². The van der Waals surface area contributed by atoms with Crippen LogP contribution in [0.2, 0.25) is 0 Å². The van der Waals surface area contributed by atoms with Crippen LogP contribution in [0.1, 0.15) is 32.6 Å². The lowest BCUT2D eigenvalue weighted by Crippen LogP contribution is -2.50.